The van der Waals surface area contributed by atoms with Gasteiger partial charge in [0.1, 0.15) is 6.29 Å². The Kier molecular flexibility index (Phi) is 8.78. The molecule has 0 aliphatic rings. The maximum Gasteiger partial charge on any atom is 0.186 e. The van der Waals surface area contributed by atoms with E-state index in [0.29, 0.717) is 11.8 Å². The van der Waals surface area contributed by atoms with Crippen molar-refractivity contribution in [3.63, 3.8) is 0 Å². The van der Waals surface area contributed by atoms with Crippen LogP contribution < -0.4 is 0 Å². The number of aldehydes is 1. The molecular formula is C19H24O2. The SMILES string of the molecule is CCCCCCCC=CC(=O)c1ccccc1C=CC=O. The zero-order valence-corrected chi connectivity index (χ0v) is 12.8. The lowest BCUT2D eigenvalue weighted by atomic mass is 10.0. The highest BCUT2D eigenvalue weighted by molar-refractivity contribution is 6.07. The minimum absolute atomic E-state index is 0.00490. The molecule has 0 aliphatic heterocycles. The van der Waals surface area contributed by atoms with Crippen LogP contribution in [0.1, 0.15) is 61.4 Å². The highest BCUT2D eigenvalue weighted by Crippen LogP contribution is 2.12. The van der Waals surface area contributed by atoms with E-state index in [1.165, 1.54) is 31.8 Å². The number of ketones is 1. The van der Waals surface area contributed by atoms with Crippen molar-refractivity contribution < 1.29 is 9.59 Å². The topological polar surface area (TPSA) is 34.1 Å². The third kappa shape index (κ3) is 6.84. The number of rotatable bonds is 10. The van der Waals surface area contributed by atoms with Crippen molar-refractivity contribution in [2.45, 2.75) is 45.4 Å². The molecule has 21 heavy (non-hydrogen) atoms. The van der Waals surface area contributed by atoms with Crippen molar-refractivity contribution in [1.29, 1.82) is 0 Å². The second-order valence-corrected chi connectivity index (χ2v) is 5.05. The van der Waals surface area contributed by atoms with Crippen molar-refractivity contribution in [3.05, 3.63) is 53.6 Å². The summed E-state index contributed by atoms with van der Waals surface area (Å²) in [7, 11) is 0. The Labute approximate surface area is 127 Å². The van der Waals surface area contributed by atoms with Crippen LogP contribution >= 0.6 is 0 Å². The van der Waals surface area contributed by atoms with E-state index in [4.69, 9.17) is 0 Å². The molecule has 112 valence electrons. The summed E-state index contributed by atoms with van der Waals surface area (Å²) in [5.74, 6) is -0.00490. The summed E-state index contributed by atoms with van der Waals surface area (Å²) in [4.78, 5) is 22.5. The number of hydrogen-bond acceptors (Lipinski definition) is 2. The maximum atomic E-state index is 12.2. The first kappa shape index (κ1) is 17.1. The van der Waals surface area contributed by atoms with Gasteiger partial charge in [0.15, 0.2) is 5.78 Å². The Bertz CT molecular complexity index is 498. The predicted molar refractivity (Wildman–Crippen MR) is 88.4 cm³/mol. The molecule has 2 heteroatoms. The molecule has 0 aliphatic carbocycles. The average Bonchev–Trinajstić information content (AvgIpc) is 2.52. The molecule has 0 amide bonds. The van der Waals surface area contributed by atoms with Crippen LogP contribution in [0.3, 0.4) is 0 Å². The molecule has 0 unspecified atom stereocenters. The lowest BCUT2D eigenvalue weighted by Gasteiger charge is -2.01. The molecule has 0 aromatic heterocycles. The Hall–Kier alpha value is -1.96. The summed E-state index contributed by atoms with van der Waals surface area (Å²) in [5, 5.41) is 0. The summed E-state index contributed by atoms with van der Waals surface area (Å²) >= 11 is 0. The van der Waals surface area contributed by atoms with Crippen molar-refractivity contribution in [2.24, 2.45) is 0 Å². The summed E-state index contributed by atoms with van der Waals surface area (Å²) < 4.78 is 0. The van der Waals surface area contributed by atoms with Crippen LogP contribution in [-0.2, 0) is 4.79 Å². The summed E-state index contributed by atoms with van der Waals surface area (Å²) in [6.07, 6.45) is 14.5. The van der Waals surface area contributed by atoms with Crippen LogP contribution in [0.25, 0.3) is 6.08 Å². The number of carbonyl (C=O) groups is 2. The molecule has 2 nitrogen and oxygen atoms in total. The fraction of sp³-hybridized carbons (Fsp3) is 0.368. The first-order valence-electron chi connectivity index (χ1n) is 7.71. The van der Waals surface area contributed by atoms with E-state index in [9.17, 15) is 9.59 Å². The second-order valence-electron chi connectivity index (χ2n) is 5.05. The third-order valence-corrected chi connectivity index (χ3v) is 3.32. The minimum Gasteiger partial charge on any atom is -0.299 e. The van der Waals surface area contributed by atoms with Crippen molar-refractivity contribution >= 4 is 18.1 Å². The van der Waals surface area contributed by atoms with Crippen LogP contribution in [0.4, 0.5) is 0 Å². The molecule has 0 heterocycles. The van der Waals surface area contributed by atoms with Gasteiger partial charge in [0.05, 0.1) is 0 Å². The number of benzene rings is 1. The molecule has 1 aromatic rings. The zero-order chi connectivity index (χ0) is 15.3. The normalized spacial score (nSPS) is 11.3. The van der Waals surface area contributed by atoms with Gasteiger partial charge in [0.25, 0.3) is 0 Å². The molecule has 1 aromatic carbocycles. The quantitative estimate of drug-likeness (QED) is 0.262. The minimum atomic E-state index is -0.00490. The van der Waals surface area contributed by atoms with Crippen LogP contribution in [-0.4, -0.2) is 12.1 Å². The zero-order valence-electron chi connectivity index (χ0n) is 12.8. The van der Waals surface area contributed by atoms with Gasteiger partial charge in [-0.25, -0.2) is 0 Å². The Morgan fingerprint density at radius 2 is 1.86 bits per heavy atom. The van der Waals surface area contributed by atoms with E-state index in [1.807, 2.05) is 24.3 Å². The van der Waals surface area contributed by atoms with Crippen molar-refractivity contribution in [2.75, 3.05) is 0 Å². The largest absolute Gasteiger partial charge is 0.299 e. The molecule has 0 radical (unpaired) electrons. The predicted octanol–water partition coefficient (Wildman–Crippen LogP) is 5.00. The van der Waals surface area contributed by atoms with Crippen LogP contribution in [0.2, 0.25) is 0 Å². The Balaban J connectivity index is 2.51. The van der Waals surface area contributed by atoms with E-state index in [1.54, 1.807) is 18.2 Å². The smallest absolute Gasteiger partial charge is 0.186 e. The van der Waals surface area contributed by atoms with E-state index in [2.05, 4.69) is 6.92 Å². The monoisotopic (exact) mass is 284 g/mol. The van der Waals surface area contributed by atoms with Crippen LogP contribution in [0, 0.1) is 0 Å². The van der Waals surface area contributed by atoms with Crippen LogP contribution in [0.15, 0.2) is 42.5 Å². The van der Waals surface area contributed by atoms with Gasteiger partial charge in [-0.2, -0.15) is 0 Å². The van der Waals surface area contributed by atoms with E-state index in [-0.39, 0.29) is 5.78 Å². The van der Waals surface area contributed by atoms with Crippen LogP contribution in [0.5, 0.6) is 0 Å². The molecular weight excluding hydrogens is 260 g/mol. The molecule has 0 spiro atoms. The lowest BCUT2D eigenvalue weighted by Crippen LogP contribution is -1.97. The summed E-state index contributed by atoms with van der Waals surface area (Å²) in [5.41, 5.74) is 1.42. The van der Waals surface area contributed by atoms with Gasteiger partial charge in [0.2, 0.25) is 0 Å². The van der Waals surface area contributed by atoms with Gasteiger partial charge in [-0.15, -0.1) is 0 Å². The molecule has 0 N–H and O–H groups in total. The van der Waals surface area contributed by atoms with Gasteiger partial charge in [-0.05, 0) is 30.6 Å². The fourth-order valence-electron chi connectivity index (χ4n) is 2.16. The molecule has 0 atom stereocenters. The molecule has 0 fully saturated rings. The van der Waals surface area contributed by atoms with Gasteiger partial charge in [0, 0.05) is 5.56 Å². The summed E-state index contributed by atoms with van der Waals surface area (Å²) in [6, 6.07) is 7.33. The Morgan fingerprint density at radius 3 is 2.62 bits per heavy atom. The van der Waals surface area contributed by atoms with Crippen molar-refractivity contribution in [1.82, 2.24) is 0 Å². The van der Waals surface area contributed by atoms with Gasteiger partial charge in [-0.3, -0.25) is 9.59 Å². The number of allylic oxidation sites excluding steroid dienone is 3. The first-order chi connectivity index (χ1) is 10.3. The number of unbranched alkanes of at least 4 members (excludes halogenated alkanes) is 5. The standard InChI is InChI=1S/C19H24O2/c1-2-3-4-5-6-7-8-15-19(21)18-14-10-9-12-17(18)13-11-16-20/h8-16H,2-7H2,1H3. The molecule has 0 bridgehead atoms. The maximum absolute atomic E-state index is 12.2. The highest BCUT2D eigenvalue weighted by atomic mass is 16.1. The fourth-order valence-corrected chi connectivity index (χ4v) is 2.16. The Morgan fingerprint density at radius 1 is 1.10 bits per heavy atom. The van der Waals surface area contributed by atoms with Gasteiger partial charge < -0.3 is 0 Å². The number of carbonyl (C=O) groups excluding carboxylic acids is 2. The molecule has 1 rings (SSSR count). The molecule has 0 saturated heterocycles. The third-order valence-electron chi connectivity index (χ3n) is 3.32. The van der Waals surface area contributed by atoms with Crippen molar-refractivity contribution in [3.8, 4) is 0 Å². The van der Waals surface area contributed by atoms with E-state index < -0.39 is 0 Å². The average molecular weight is 284 g/mol. The molecule has 0 saturated carbocycles. The van der Waals surface area contributed by atoms with Gasteiger partial charge >= 0.3 is 0 Å². The number of hydrogen-bond donors (Lipinski definition) is 0. The van der Waals surface area contributed by atoms with E-state index in [0.717, 1.165) is 18.4 Å². The van der Waals surface area contributed by atoms with Gasteiger partial charge in [-0.1, -0.05) is 69.0 Å². The second kappa shape index (κ2) is 10.8. The first-order valence-corrected chi connectivity index (χ1v) is 7.71. The lowest BCUT2D eigenvalue weighted by molar-refractivity contribution is -0.104. The van der Waals surface area contributed by atoms with E-state index >= 15 is 0 Å². The highest BCUT2D eigenvalue weighted by Gasteiger charge is 2.05. The summed E-state index contributed by atoms with van der Waals surface area (Å²) in [6.45, 7) is 2.20.